The molecule has 2 nitrogen and oxygen atoms in total. The summed E-state index contributed by atoms with van der Waals surface area (Å²) in [6, 6.07) is 8.43. The summed E-state index contributed by atoms with van der Waals surface area (Å²) >= 11 is 0. The van der Waals surface area contributed by atoms with Crippen LogP contribution in [0.3, 0.4) is 0 Å². The first-order valence-electron chi connectivity index (χ1n) is 5.28. The topological polar surface area (TPSA) is 38.9 Å². The van der Waals surface area contributed by atoms with E-state index in [0.29, 0.717) is 6.54 Å². The van der Waals surface area contributed by atoms with Crippen molar-refractivity contribution in [1.82, 2.24) is 4.98 Å². The van der Waals surface area contributed by atoms with E-state index < -0.39 is 0 Å². The van der Waals surface area contributed by atoms with Crippen LogP contribution in [0.4, 0.5) is 0 Å². The van der Waals surface area contributed by atoms with Crippen LogP contribution in [-0.4, -0.2) is 11.5 Å². The van der Waals surface area contributed by atoms with Gasteiger partial charge in [-0.25, -0.2) is 0 Å². The number of hydrogen-bond donors (Lipinski definition) is 1. The van der Waals surface area contributed by atoms with Crippen LogP contribution in [-0.2, 0) is 6.42 Å². The summed E-state index contributed by atoms with van der Waals surface area (Å²) in [5, 5.41) is 1.25. The van der Waals surface area contributed by atoms with Gasteiger partial charge in [0.1, 0.15) is 0 Å². The molecule has 0 aliphatic heterocycles. The minimum atomic E-state index is 0.657. The second-order valence-corrected chi connectivity index (χ2v) is 3.94. The normalized spacial score (nSPS) is 10.9. The summed E-state index contributed by atoms with van der Waals surface area (Å²) in [5.41, 5.74) is 10.3. The van der Waals surface area contributed by atoms with E-state index in [2.05, 4.69) is 43.1 Å². The van der Waals surface area contributed by atoms with E-state index >= 15 is 0 Å². The first kappa shape index (κ1) is 10.1. The third kappa shape index (κ3) is 1.85. The lowest BCUT2D eigenvalue weighted by Crippen LogP contribution is -2.05. The highest BCUT2D eigenvalue weighted by Gasteiger charge is 2.03. The van der Waals surface area contributed by atoms with E-state index in [-0.39, 0.29) is 0 Å². The number of rotatable bonds is 2. The summed E-state index contributed by atoms with van der Waals surface area (Å²) < 4.78 is 0. The van der Waals surface area contributed by atoms with Gasteiger partial charge < -0.3 is 5.73 Å². The van der Waals surface area contributed by atoms with E-state index in [1.54, 1.807) is 0 Å². The quantitative estimate of drug-likeness (QED) is 0.808. The average molecular weight is 200 g/mol. The van der Waals surface area contributed by atoms with Crippen LogP contribution >= 0.6 is 0 Å². The lowest BCUT2D eigenvalue weighted by atomic mass is 10.0. The Kier molecular flexibility index (Phi) is 2.69. The number of pyridine rings is 1. The first-order chi connectivity index (χ1) is 7.22. The van der Waals surface area contributed by atoms with Crippen molar-refractivity contribution in [1.29, 1.82) is 0 Å². The number of para-hydroxylation sites is 1. The van der Waals surface area contributed by atoms with Crippen molar-refractivity contribution in [3.8, 4) is 0 Å². The fourth-order valence-corrected chi connectivity index (χ4v) is 1.91. The molecule has 0 saturated heterocycles. The third-order valence-electron chi connectivity index (χ3n) is 2.70. The molecule has 0 atom stereocenters. The molecule has 0 fully saturated rings. The van der Waals surface area contributed by atoms with Gasteiger partial charge in [-0.2, -0.15) is 0 Å². The zero-order valence-corrected chi connectivity index (χ0v) is 9.25. The maximum Gasteiger partial charge on any atom is 0.0737 e. The minimum Gasteiger partial charge on any atom is -0.330 e. The highest BCUT2D eigenvalue weighted by atomic mass is 14.7. The third-order valence-corrected chi connectivity index (χ3v) is 2.70. The van der Waals surface area contributed by atoms with Crippen molar-refractivity contribution in [2.24, 2.45) is 5.73 Å². The second-order valence-electron chi connectivity index (χ2n) is 3.94. The molecular formula is C13H16N2. The maximum atomic E-state index is 5.55. The van der Waals surface area contributed by atoms with E-state index in [1.165, 1.54) is 16.5 Å². The zero-order valence-electron chi connectivity index (χ0n) is 9.25. The molecule has 2 N–H and O–H groups in total. The molecule has 2 heteroatoms. The molecule has 2 aromatic rings. The fraction of sp³-hybridized carbons (Fsp3) is 0.308. The van der Waals surface area contributed by atoms with Crippen LogP contribution in [0.15, 0.2) is 24.3 Å². The molecule has 0 unspecified atom stereocenters. The van der Waals surface area contributed by atoms with Crippen molar-refractivity contribution >= 4 is 10.9 Å². The number of nitrogens with zero attached hydrogens (tertiary/aromatic N) is 1. The van der Waals surface area contributed by atoms with Gasteiger partial charge in [-0.15, -0.1) is 0 Å². The van der Waals surface area contributed by atoms with Crippen LogP contribution < -0.4 is 5.73 Å². The van der Waals surface area contributed by atoms with Crippen LogP contribution in [0.2, 0.25) is 0 Å². The van der Waals surface area contributed by atoms with Crippen LogP contribution in [0, 0.1) is 13.8 Å². The molecule has 0 bridgehead atoms. The molecule has 1 aromatic heterocycles. The van der Waals surface area contributed by atoms with Crippen LogP contribution in [0.1, 0.15) is 16.8 Å². The lowest BCUT2D eigenvalue weighted by Gasteiger charge is -2.07. The Balaban J connectivity index is 2.68. The molecule has 15 heavy (non-hydrogen) atoms. The fourth-order valence-electron chi connectivity index (χ4n) is 1.91. The van der Waals surface area contributed by atoms with E-state index in [1.807, 2.05) is 0 Å². The summed E-state index contributed by atoms with van der Waals surface area (Å²) in [6.07, 6.45) is 0.852. The predicted octanol–water partition coefficient (Wildman–Crippen LogP) is 2.35. The van der Waals surface area contributed by atoms with E-state index in [9.17, 15) is 0 Å². The average Bonchev–Trinajstić information content (AvgIpc) is 2.20. The number of benzene rings is 1. The Morgan fingerprint density at radius 1 is 1.20 bits per heavy atom. The van der Waals surface area contributed by atoms with Gasteiger partial charge in [0.25, 0.3) is 0 Å². The van der Waals surface area contributed by atoms with Gasteiger partial charge in [0.15, 0.2) is 0 Å². The van der Waals surface area contributed by atoms with Crippen LogP contribution in [0.5, 0.6) is 0 Å². The zero-order chi connectivity index (χ0) is 10.8. The van der Waals surface area contributed by atoms with Gasteiger partial charge >= 0.3 is 0 Å². The smallest absolute Gasteiger partial charge is 0.0737 e. The molecule has 0 aliphatic carbocycles. The molecule has 78 valence electrons. The molecule has 0 spiro atoms. The van der Waals surface area contributed by atoms with E-state index in [0.717, 1.165) is 17.6 Å². The molecule has 2 rings (SSSR count). The number of aryl methyl sites for hydroxylation is 2. The van der Waals surface area contributed by atoms with Crippen molar-refractivity contribution < 1.29 is 0 Å². The second kappa shape index (κ2) is 3.99. The van der Waals surface area contributed by atoms with Gasteiger partial charge in [-0.3, -0.25) is 4.98 Å². The molecule has 0 radical (unpaired) electrons. The minimum absolute atomic E-state index is 0.657. The summed E-state index contributed by atoms with van der Waals surface area (Å²) in [7, 11) is 0. The molecule has 0 aliphatic rings. The molecule has 0 amide bonds. The SMILES string of the molecule is Cc1cc(CCN)nc2c(C)cccc12. The number of aromatic nitrogens is 1. The van der Waals surface area contributed by atoms with Gasteiger partial charge in [0, 0.05) is 17.5 Å². The first-order valence-corrected chi connectivity index (χ1v) is 5.28. The lowest BCUT2D eigenvalue weighted by molar-refractivity contribution is 0.929. The summed E-state index contributed by atoms with van der Waals surface area (Å²) in [5.74, 6) is 0. The van der Waals surface area contributed by atoms with Gasteiger partial charge in [-0.05, 0) is 37.6 Å². The molecular weight excluding hydrogens is 184 g/mol. The standard InChI is InChI=1S/C13H16N2/c1-9-4-3-5-12-10(2)8-11(6-7-14)15-13(9)12/h3-5,8H,6-7,14H2,1-2H3. The van der Waals surface area contributed by atoms with Gasteiger partial charge in [0.05, 0.1) is 5.52 Å². The van der Waals surface area contributed by atoms with Crippen molar-refractivity contribution in [2.75, 3.05) is 6.54 Å². The largest absolute Gasteiger partial charge is 0.330 e. The van der Waals surface area contributed by atoms with Crippen molar-refractivity contribution in [3.63, 3.8) is 0 Å². The Morgan fingerprint density at radius 2 is 2.00 bits per heavy atom. The Bertz CT molecular complexity index is 489. The molecule has 1 aromatic carbocycles. The van der Waals surface area contributed by atoms with Gasteiger partial charge in [0.2, 0.25) is 0 Å². The molecule has 0 saturated carbocycles. The van der Waals surface area contributed by atoms with Crippen LogP contribution in [0.25, 0.3) is 10.9 Å². The van der Waals surface area contributed by atoms with E-state index in [4.69, 9.17) is 5.73 Å². The van der Waals surface area contributed by atoms with Gasteiger partial charge in [-0.1, -0.05) is 18.2 Å². The highest BCUT2D eigenvalue weighted by molar-refractivity contribution is 5.84. The van der Waals surface area contributed by atoms with Crippen molar-refractivity contribution in [3.05, 3.63) is 41.1 Å². The summed E-state index contributed by atoms with van der Waals surface area (Å²) in [4.78, 5) is 4.65. The summed E-state index contributed by atoms with van der Waals surface area (Å²) in [6.45, 7) is 4.88. The number of nitrogens with two attached hydrogens (primary N) is 1. The Hall–Kier alpha value is -1.41. The Morgan fingerprint density at radius 3 is 2.73 bits per heavy atom. The monoisotopic (exact) mass is 200 g/mol. The number of hydrogen-bond acceptors (Lipinski definition) is 2. The predicted molar refractivity (Wildman–Crippen MR) is 64.0 cm³/mol. The number of fused-ring (bicyclic) bond motifs is 1. The highest BCUT2D eigenvalue weighted by Crippen LogP contribution is 2.20. The maximum absolute atomic E-state index is 5.55. The molecule has 1 heterocycles. The van der Waals surface area contributed by atoms with Crippen molar-refractivity contribution in [2.45, 2.75) is 20.3 Å². The Labute approximate surface area is 90.1 Å².